The number of allylic oxidation sites excluding steroid dienone is 15. The van der Waals surface area contributed by atoms with E-state index in [-0.39, 0.29) is 24.9 Å². The Balaban J connectivity index is 5.39. The number of amides is 1. The van der Waals surface area contributed by atoms with Crippen LogP contribution in [0.3, 0.4) is 0 Å². The van der Waals surface area contributed by atoms with Gasteiger partial charge in [-0.2, -0.15) is 0 Å². The summed E-state index contributed by atoms with van der Waals surface area (Å²) in [6.45, 7) is 6.62. The predicted octanol–water partition coefficient (Wildman–Crippen LogP) is 15.8. The van der Waals surface area contributed by atoms with Gasteiger partial charge in [0.2, 0.25) is 5.91 Å². The molecular weight excluding hydrogens is 880 g/mol. The first kappa shape index (κ1) is 65.9. The molecule has 0 saturated heterocycles. The molecule has 0 aliphatic carbocycles. The molecule has 0 aliphatic rings. The highest BCUT2D eigenvalue weighted by atomic mass is 31.2. The second kappa shape index (κ2) is 48.6. The van der Waals surface area contributed by atoms with Crippen LogP contribution in [0.15, 0.2) is 97.2 Å². The van der Waals surface area contributed by atoms with Crippen LogP contribution in [0, 0.1) is 0 Å². The smallest absolute Gasteiger partial charge is 0.306 e. The van der Waals surface area contributed by atoms with Crippen molar-refractivity contribution in [3.05, 3.63) is 97.2 Å². The third kappa shape index (κ3) is 49.7. The van der Waals surface area contributed by atoms with Gasteiger partial charge in [-0.05, 0) is 102 Å². The largest absolute Gasteiger partial charge is 0.756 e. The minimum absolute atomic E-state index is 0.0356. The maximum Gasteiger partial charge on any atom is 0.306 e. The van der Waals surface area contributed by atoms with Crippen LogP contribution in [0.5, 0.6) is 0 Å². The van der Waals surface area contributed by atoms with Crippen LogP contribution in [-0.2, 0) is 27.9 Å². The second-order valence-corrected chi connectivity index (χ2v) is 20.8. The van der Waals surface area contributed by atoms with Gasteiger partial charge in [0.1, 0.15) is 19.3 Å². The molecule has 1 amide bonds. The fraction of sp³-hybridized carbons (Fsp3) is 0.695. The second-order valence-electron chi connectivity index (χ2n) is 19.3. The molecule has 0 aliphatic heterocycles. The summed E-state index contributed by atoms with van der Waals surface area (Å²) in [5, 5.41) is 2.99. The number of quaternary nitrogens is 1. The van der Waals surface area contributed by atoms with Gasteiger partial charge in [0.05, 0.1) is 33.8 Å². The molecule has 0 aromatic rings. The zero-order valence-electron chi connectivity index (χ0n) is 45.0. The van der Waals surface area contributed by atoms with E-state index < -0.39 is 26.6 Å². The highest BCUT2D eigenvalue weighted by Crippen LogP contribution is 2.38. The maximum absolute atomic E-state index is 13.4. The third-order valence-corrected chi connectivity index (χ3v) is 12.5. The molecule has 3 unspecified atom stereocenters. The van der Waals surface area contributed by atoms with Gasteiger partial charge in [-0.1, -0.05) is 195 Å². The van der Waals surface area contributed by atoms with Gasteiger partial charge in [0.15, 0.2) is 0 Å². The highest BCUT2D eigenvalue weighted by Gasteiger charge is 2.27. The summed E-state index contributed by atoms with van der Waals surface area (Å²) in [4.78, 5) is 39.7. The van der Waals surface area contributed by atoms with E-state index in [1.54, 1.807) is 6.08 Å². The van der Waals surface area contributed by atoms with E-state index in [0.29, 0.717) is 23.9 Å². The fourth-order valence-corrected chi connectivity index (χ4v) is 7.93. The summed E-state index contributed by atoms with van der Waals surface area (Å²) in [5.41, 5.74) is 0. The number of phosphoric acid groups is 1. The van der Waals surface area contributed by atoms with Crippen molar-refractivity contribution in [3.63, 3.8) is 0 Å². The summed E-state index contributed by atoms with van der Waals surface area (Å²) in [7, 11) is 1.14. The molecule has 1 N–H and O–H groups in total. The summed E-state index contributed by atoms with van der Waals surface area (Å²) in [6, 6.07) is -0.913. The van der Waals surface area contributed by atoms with E-state index >= 15 is 0 Å². The van der Waals surface area contributed by atoms with Crippen molar-refractivity contribution in [1.82, 2.24) is 5.32 Å². The molecular formula is C59H103N2O7P. The molecule has 3 atom stereocenters. The molecule has 0 heterocycles. The van der Waals surface area contributed by atoms with Crippen LogP contribution in [0.2, 0.25) is 0 Å². The van der Waals surface area contributed by atoms with E-state index in [9.17, 15) is 19.0 Å². The fourth-order valence-electron chi connectivity index (χ4n) is 7.21. The van der Waals surface area contributed by atoms with Gasteiger partial charge in [-0.15, -0.1) is 0 Å². The molecule has 0 fully saturated rings. The number of likely N-dealkylation sites (N-methyl/N-ethyl adjacent to an activating group) is 1. The van der Waals surface area contributed by atoms with Gasteiger partial charge in [-0.3, -0.25) is 14.2 Å². The molecule has 9 nitrogen and oxygen atoms in total. The SMILES string of the molecule is CC/C=C\C/C=C\C/C=C\C/C=C\C/C=C\C/C=C\CCCCC(=O)OC(/C=C\CCCCCCCCCCC)C(COP(=O)([O-])OCC[N+](C)(C)C)NC(=O)CCCCCCC/C=C\CCCC. The molecule has 0 rings (SSSR count). The molecule has 10 heteroatoms. The zero-order chi connectivity index (χ0) is 50.8. The maximum atomic E-state index is 13.4. The number of esters is 1. The molecule has 0 radical (unpaired) electrons. The van der Waals surface area contributed by atoms with Gasteiger partial charge in [-0.25, -0.2) is 0 Å². The van der Waals surface area contributed by atoms with Crippen molar-refractivity contribution < 1.29 is 37.3 Å². The number of nitrogens with zero attached hydrogens (tertiary/aromatic N) is 1. The van der Waals surface area contributed by atoms with Crippen molar-refractivity contribution in [1.29, 1.82) is 0 Å². The first-order chi connectivity index (χ1) is 33.4. The average Bonchev–Trinajstić information content (AvgIpc) is 3.31. The van der Waals surface area contributed by atoms with Crippen molar-refractivity contribution in [3.8, 4) is 0 Å². The van der Waals surface area contributed by atoms with E-state index in [1.807, 2.05) is 27.2 Å². The molecule has 0 spiro atoms. The normalized spacial score (nSPS) is 14.6. The molecule has 0 aromatic heterocycles. The topological polar surface area (TPSA) is 114 Å². The number of ether oxygens (including phenoxy) is 1. The van der Waals surface area contributed by atoms with Gasteiger partial charge in [0.25, 0.3) is 7.82 Å². The van der Waals surface area contributed by atoms with Gasteiger partial charge in [0, 0.05) is 12.8 Å². The number of carbonyl (C=O) groups excluding carboxylic acids is 2. The van der Waals surface area contributed by atoms with Crippen molar-refractivity contribution in [2.24, 2.45) is 0 Å². The minimum Gasteiger partial charge on any atom is -0.756 e. The highest BCUT2D eigenvalue weighted by molar-refractivity contribution is 7.45. The summed E-state index contributed by atoms with van der Waals surface area (Å²) in [6.07, 6.45) is 63.8. The Bertz CT molecular complexity index is 1510. The van der Waals surface area contributed by atoms with E-state index in [0.717, 1.165) is 116 Å². The number of carbonyl (C=O) groups is 2. The van der Waals surface area contributed by atoms with Crippen LogP contribution in [0.4, 0.5) is 0 Å². The molecule has 0 saturated carbocycles. The third-order valence-electron chi connectivity index (χ3n) is 11.5. The lowest BCUT2D eigenvalue weighted by atomic mass is 10.1. The Morgan fingerprint density at radius 2 is 0.942 bits per heavy atom. The Morgan fingerprint density at radius 1 is 0.522 bits per heavy atom. The first-order valence-corrected chi connectivity index (χ1v) is 29.0. The Hall–Kier alpha value is -3.07. The lowest BCUT2D eigenvalue weighted by Crippen LogP contribution is -2.47. The van der Waals surface area contributed by atoms with Crippen molar-refractivity contribution in [2.45, 2.75) is 226 Å². The number of unbranched alkanes of at least 4 members (excludes halogenated alkanes) is 18. The lowest BCUT2D eigenvalue weighted by Gasteiger charge is -2.30. The standard InChI is InChI=1S/C59H103N2O7P/c1-7-10-13-16-19-22-25-26-27-28-29-30-31-32-33-34-37-40-43-46-49-52-59(63)68-57(50-47-44-41-38-35-23-20-17-14-11-8-2)56(55-67-69(64,65)66-54-53-61(4,5)6)60-58(62)51-48-45-42-39-36-24-21-18-15-12-9-3/h10,13,18-19,21-22,26-27,29-30,32-33,37,40,47,50,56-57H,7-9,11-12,14-17,20,23-25,28,31,34-36,38-39,41-46,48-49,51-55H2,1-6H3,(H-,60,62,64,65)/b13-10-,21-18-,22-19-,27-26-,30-29-,33-32-,40-37-,50-47-. The van der Waals surface area contributed by atoms with Crippen LogP contribution in [0.1, 0.15) is 213 Å². The van der Waals surface area contributed by atoms with Crippen molar-refractivity contribution in [2.75, 3.05) is 40.9 Å². The minimum atomic E-state index is -4.71. The zero-order valence-corrected chi connectivity index (χ0v) is 45.9. The Morgan fingerprint density at radius 3 is 1.46 bits per heavy atom. The summed E-state index contributed by atoms with van der Waals surface area (Å²) >= 11 is 0. The van der Waals surface area contributed by atoms with Crippen LogP contribution in [-0.4, -0.2) is 69.4 Å². The molecule has 396 valence electrons. The van der Waals surface area contributed by atoms with Gasteiger partial charge < -0.3 is 28.5 Å². The summed E-state index contributed by atoms with van der Waals surface area (Å²) < 4.78 is 30.1. The number of hydrogen-bond acceptors (Lipinski definition) is 7. The predicted molar refractivity (Wildman–Crippen MR) is 293 cm³/mol. The molecule has 69 heavy (non-hydrogen) atoms. The molecule has 0 aromatic carbocycles. The quantitative estimate of drug-likeness (QED) is 0.0212. The summed E-state index contributed by atoms with van der Waals surface area (Å²) in [5.74, 6) is -0.613. The number of rotatable bonds is 48. The Kier molecular flexibility index (Phi) is 46.4. The van der Waals surface area contributed by atoms with Crippen molar-refractivity contribution >= 4 is 19.7 Å². The van der Waals surface area contributed by atoms with Crippen LogP contribution >= 0.6 is 7.82 Å². The number of phosphoric ester groups is 1. The monoisotopic (exact) mass is 983 g/mol. The Labute approximate surface area is 424 Å². The van der Waals surface area contributed by atoms with Crippen LogP contribution in [0.25, 0.3) is 0 Å². The average molecular weight is 983 g/mol. The van der Waals surface area contributed by atoms with Crippen LogP contribution < -0.4 is 10.2 Å². The van der Waals surface area contributed by atoms with E-state index in [4.69, 9.17) is 13.8 Å². The number of hydrogen-bond donors (Lipinski definition) is 1. The van der Waals surface area contributed by atoms with Gasteiger partial charge >= 0.3 is 5.97 Å². The lowest BCUT2D eigenvalue weighted by molar-refractivity contribution is -0.870. The first-order valence-electron chi connectivity index (χ1n) is 27.5. The van der Waals surface area contributed by atoms with E-state index in [2.05, 4.69) is 111 Å². The van der Waals surface area contributed by atoms with E-state index in [1.165, 1.54) is 57.8 Å². The number of nitrogens with one attached hydrogen (secondary N) is 1. The molecule has 0 bridgehead atoms.